The highest BCUT2D eigenvalue weighted by atomic mass is 35.5. The third-order valence-electron chi connectivity index (χ3n) is 4.43. The third-order valence-corrected chi connectivity index (χ3v) is 4.75. The minimum absolute atomic E-state index is 0. The summed E-state index contributed by atoms with van der Waals surface area (Å²) in [5.41, 5.74) is 1.13. The van der Waals surface area contributed by atoms with Crippen LogP contribution in [0.3, 0.4) is 0 Å². The third kappa shape index (κ3) is 6.61. The normalized spacial score (nSPS) is 15.5. The topological polar surface area (TPSA) is 67.6 Å². The van der Waals surface area contributed by atoms with Crippen molar-refractivity contribution >= 4 is 42.1 Å². The molecule has 30 heavy (non-hydrogen) atoms. The molecule has 0 amide bonds. The van der Waals surface area contributed by atoms with Crippen molar-refractivity contribution in [2.75, 3.05) is 26.2 Å². The largest absolute Gasteiger partial charge is 0.573 e. The van der Waals surface area contributed by atoms with Crippen LogP contribution in [0.4, 0.5) is 18.9 Å². The van der Waals surface area contributed by atoms with E-state index in [9.17, 15) is 23.3 Å². The van der Waals surface area contributed by atoms with E-state index in [-0.39, 0.29) is 47.3 Å². The van der Waals surface area contributed by atoms with Crippen LogP contribution in [-0.4, -0.2) is 42.4 Å². The number of rotatable bonds is 5. The van der Waals surface area contributed by atoms with Crippen molar-refractivity contribution in [1.82, 2.24) is 10.2 Å². The summed E-state index contributed by atoms with van der Waals surface area (Å²) in [6.07, 6.45) is -4.77. The smallest absolute Gasteiger partial charge is 0.406 e. The number of hydrogen-bond donors (Lipinski definition) is 1. The van der Waals surface area contributed by atoms with Gasteiger partial charge in [-0.1, -0.05) is 29.8 Å². The van der Waals surface area contributed by atoms with Gasteiger partial charge in [0.2, 0.25) is 0 Å². The number of benzene rings is 2. The van der Waals surface area contributed by atoms with Gasteiger partial charge in [-0.3, -0.25) is 15.0 Å². The molecule has 0 bridgehead atoms. The summed E-state index contributed by atoms with van der Waals surface area (Å²) >= 11 is 5.92. The van der Waals surface area contributed by atoms with E-state index in [0.29, 0.717) is 24.2 Å². The van der Waals surface area contributed by atoms with Crippen LogP contribution in [-0.2, 0) is 0 Å². The molecular weight excluding hydrogens is 470 g/mol. The number of nitrogens with one attached hydrogen (secondary N) is 1. The summed E-state index contributed by atoms with van der Waals surface area (Å²) < 4.78 is 41.1. The number of nitrogens with zero attached hydrogens (tertiary/aromatic N) is 2. The summed E-state index contributed by atoms with van der Waals surface area (Å²) in [7, 11) is 0. The number of halogens is 6. The molecule has 12 heteroatoms. The van der Waals surface area contributed by atoms with Crippen molar-refractivity contribution in [3.63, 3.8) is 0 Å². The van der Waals surface area contributed by atoms with E-state index >= 15 is 0 Å². The second-order valence-electron chi connectivity index (χ2n) is 6.27. The Morgan fingerprint density at radius 2 is 1.63 bits per heavy atom. The van der Waals surface area contributed by atoms with Crippen LogP contribution < -0.4 is 10.1 Å². The molecule has 0 saturated carbocycles. The number of nitro groups is 1. The molecule has 1 N–H and O–H groups in total. The van der Waals surface area contributed by atoms with Crippen LogP contribution in [0.25, 0.3) is 0 Å². The Morgan fingerprint density at radius 1 is 1.07 bits per heavy atom. The van der Waals surface area contributed by atoms with Gasteiger partial charge in [0, 0.05) is 32.2 Å². The average molecular weight is 489 g/mol. The quantitative estimate of drug-likeness (QED) is 0.475. The zero-order chi connectivity index (χ0) is 20.3. The Kier molecular flexibility index (Phi) is 9.64. The molecule has 0 unspecified atom stereocenters. The van der Waals surface area contributed by atoms with Crippen molar-refractivity contribution in [2.24, 2.45) is 0 Å². The minimum Gasteiger partial charge on any atom is -0.406 e. The molecule has 1 aliphatic heterocycles. The van der Waals surface area contributed by atoms with Gasteiger partial charge in [-0.2, -0.15) is 0 Å². The summed E-state index contributed by atoms with van der Waals surface area (Å²) in [4.78, 5) is 12.8. The van der Waals surface area contributed by atoms with E-state index in [1.54, 1.807) is 6.07 Å². The summed E-state index contributed by atoms with van der Waals surface area (Å²) in [5.74, 6) is -0.322. The second kappa shape index (κ2) is 11.0. The highest BCUT2D eigenvalue weighted by Gasteiger charge is 2.31. The van der Waals surface area contributed by atoms with Crippen LogP contribution in [0.15, 0.2) is 42.5 Å². The molecule has 2 aromatic carbocycles. The molecule has 1 fully saturated rings. The molecule has 3 rings (SSSR count). The fourth-order valence-electron chi connectivity index (χ4n) is 3.25. The second-order valence-corrected chi connectivity index (χ2v) is 6.68. The number of piperazine rings is 1. The van der Waals surface area contributed by atoms with Gasteiger partial charge in [0.1, 0.15) is 10.8 Å². The maximum atomic E-state index is 12.4. The maximum Gasteiger partial charge on any atom is 0.573 e. The first-order valence-electron chi connectivity index (χ1n) is 8.49. The fraction of sp³-hybridized carbons (Fsp3) is 0.333. The average Bonchev–Trinajstić information content (AvgIpc) is 2.64. The van der Waals surface area contributed by atoms with Crippen molar-refractivity contribution in [3.8, 4) is 5.75 Å². The van der Waals surface area contributed by atoms with Crippen LogP contribution >= 0.6 is 36.4 Å². The van der Waals surface area contributed by atoms with Gasteiger partial charge in [0.15, 0.2) is 0 Å². The Morgan fingerprint density at radius 3 is 2.17 bits per heavy atom. The summed E-state index contributed by atoms with van der Waals surface area (Å²) in [6, 6.07) is 9.76. The molecule has 0 aromatic heterocycles. The van der Waals surface area contributed by atoms with E-state index in [4.69, 9.17) is 11.6 Å². The van der Waals surface area contributed by atoms with Crippen LogP contribution in [0.1, 0.15) is 17.2 Å². The lowest BCUT2D eigenvalue weighted by molar-refractivity contribution is -0.384. The number of nitro benzene ring substituents is 1. The lowest BCUT2D eigenvalue weighted by Crippen LogP contribution is -2.45. The van der Waals surface area contributed by atoms with Gasteiger partial charge in [-0.25, -0.2) is 0 Å². The Balaban J connectivity index is 0.00000225. The Hall–Kier alpha value is -1.78. The molecule has 2 aromatic rings. The molecule has 0 radical (unpaired) electrons. The zero-order valence-electron chi connectivity index (χ0n) is 15.4. The monoisotopic (exact) mass is 487 g/mol. The first-order valence-corrected chi connectivity index (χ1v) is 8.87. The van der Waals surface area contributed by atoms with Gasteiger partial charge in [-0.15, -0.1) is 38.0 Å². The van der Waals surface area contributed by atoms with Gasteiger partial charge in [-0.05, 0) is 29.3 Å². The number of alkyl halides is 3. The maximum absolute atomic E-state index is 12.4. The van der Waals surface area contributed by atoms with E-state index in [0.717, 1.165) is 13.1 Å². The highest BCUT2D eigenvalue weighted by Crippen LogP contribution is 2.35. The molecule has 0 spiro atoms. The predicted octanol–water partition coefficient (Wildman–Crippen LogP) is 4.99. The highest BCUT2D eigenvalue weighted by molar-refractivity contribution is 6.32. The standard InChI is InChI=1S/C18H17ClF3N3O3.2ClH/c19-15-6-3-13(11-16(15)25(26)27)17(24-9-7-23-8-10-24)12-1-4-14(5-2-12)28-18(20,21)22;;/h1-6,11,17,23H,7-10H2;2*1H/t17-;;/m0../s1. The molecule has 1 atom stereocenters. The molecule has 1 heterocycles. The van der Waals surface area contributed by atoms with E-state index < -0.39 is 11.3 Å². The van der Waals surface area contributed by atoms with Gasteiger partial charge >= 0.3 is 6.36 Å². The van der Waals surface area contributed by atoms with Gasteiger partial charge in [0.25, 0.3) is 5.69 Å². The van der Waals surface area contributed by atoms with E-state index in [1.165, 1.54) is 36.4 Å². The van der Waals surface area contributed by atoms with Crippen molar-refractivity contribution in [3.05, 3.63) is 68.7 Å². The van der Waals surface area contributed by atoms with Crippen LogP contribution in [0, 0.1) is 10.1 Å². The van der Waals surface area contributed by atoms with E-state index in [2.05, 4.69) is 15.0 Å². The first kappa shape index (κ1) is 26.3. The molecule has 0 aliphatic carbocycles. The molecule has 1 aliphatic rings. The first-order chi connectivity index (χ1) is 13.2. The minimum atomic E-state index is -4.77. The number of hydrogen-bond acceptors (Lipinski definition) is 5. The van der Waals surface area contributed by atoms with E-state index in [1.807, 2.05) is 0 Å². The lowest BCUT2D eigenvalue weighted by atomic mass is 9.96. The summed E-state index contributed by atoms with van der Waals surface area (Å²) in [5, 5.41) is 14.5. The van der Waals surface area contributed by atoms with Gasteiger partial charge < -0.3 is 10.1 Å². The van der Waals surface area contributed by atoms with Crippen molar-refractivity contribution in [1.29, 1.82) is 0 Å². The Bertz CT molecular complexity index is 848. The predicted molar refractivity (Wildman–Crippen MR) is 112 cm³/mol. The van der Waals surface area contributed by atoms with Crippen LogP contribution in [0.2, 0.25) is 5.02 Å². The summed E-state index contributed by atoms with van der Waals surface area (Å²) in [6.45, 7) is 2.84. The molecule has 1 saturated heterocycles. The van der Waals surface area contributed by atoms with Crippen LogP contribution in [0.5, 0.6) is 5.75 Å². The van der Waals surface area contributed by atoms with Gasteiger partial charge in [0.05, 0.1) is 11.0 Å². The molecule has 6 nitrogen and oxygen atoms in total. The lowest BCUT2D eigenvalue weighted by Gasteiger charge is -2.35. The SMILES string of the molecule is Cl.Cl.O=[N+]([O-])c1cc([C@H](c2ccc(OC(F)(F)F)cc2)N2CCNCC2)ccc1Cl. The Labute approximate surface area is 188 Å². The van der Waals surface area contributed by atoms with Crippen molar-refractivity contribution in [2.45, 2.75) is 12.4 Å². The zero-order valence-corrected chi connectivity index (χ0v) is 17.8. The molecular formula is C18H19Cl3F3N3O3. The molecule has 166 valence electrons. The fourth-order valence-corrected chi connectivity index (χ4v) is 3.43. The number of ether oxygens (including phenoxy) is 1. The van der Waals surface area contributed by atoms with Crippen molar-refractivity contribution < 1.29 is 22.8 Å².